The van der Waals surface area contributed by atoms with Crippen molar-refractivity contribution in [2.24, 2.45) is 0 Å². The number of Topliss-reactive ketones (excluding diaryl/α,β-unsaturated/α-hetero) is 2. The average molecular weight is 388 g/mol. The monoisotopic (exact) mass is 388 g/mol. The fourth-order valence-electron chi connectivity index (χ4n) is 3.07. The third-order valence-electron chi connectivity index (χ3n) is 4.42. The van der Waals surface area contributed by atoms with Crippen LogP contribution in [-0.2, 0) is 16.6 Å². The molecular weight excluding hydrogens is 368 g/mol. The molecule has 0 radical (unpaired) electrons. The quantitative estimate of drug-likeness (QED) is 0.782. The summed E-state index contributed by atoms with van der Waals surface area (Å²) in [6.07, 6.45) is 1.43. The van der Waals surface area contributed by atoms with E-state index in [4.69, 9.17) is 4.42 Å². The zero-order chi connectivity index (χ0) is 19.6. The highest BCUT2D eigenvalue weighted by Gasteiger charge is 2.40. The van der Waals surface area contributed by atoms with Crippen LogP contribution in [0.25, 0.3) is 0 Å². The molecule has 1 aromatic heterocycles. The topological polar surface area (TPSA) is 96.7 Å². The molecule has 0 spiro atoms. The Balaban J connectivity index is 2.12. The fraction of sp³-hybridized carbons (Fsp3) is 0.263. The number of nitrogens with zero attached hydrogens (tertiary/aromatic N) is 1. The molecule has 7 nitrogen and oxygen atoms in total. The maximum absolute atomic E-state index is 13.0. The van der Waals surface area contributed by atoms with Crippen LogP contribution in [0.5, 0.6) is 0 Å². The van der Waals surface area contributed by atoms with Gasteiger partial charge in [-0.05, 0) is 26.0 Å². The first-order chi connectivity index (χ1) is 12.9. The molecule has 27 heavy (non-hydrogen) atoms. The predicted octanol–water partition coefficient (Wildman–Crippen LogP) is 2.33. The molecule has 2 aromatic rings. The third-order valence-corrected chi connectivity index (χ3v) is 5.86. The molecule has 1 heterocycles. The number of carbonyl (C=O) groups is 2. The molecule has 0 fully saturated rings. The van der Waals surface area contributed by atoms with Gasteiger partial charge in [-0.3, -0.25) is 9.59 Å². The Morgan fingerprint density at radius 2 is 1.59 bits per heavy atom. The van der Waals surface area contributed by atoms with Gasteiger partial charge in [0.25, 0.3) is 0 Å². The standard InChI is InChI=1S/C19H20N2O5S/c1-3-21(4-2)16-17(22)14-9-5-6-10-15(14)18(23)19(16)27(24,25)20-12-13-8-7-11-26-13/h5-11,20H,3-4,12H2,1-2H3. The van der Waals surface area contributed by atoms with Crippen LogP contribution in [0.3, 0.4) is 0 Å². The summed E-state index contributed by atoms with van der Waals surface area (Å²) in [4.78, 5) is 27.2. The SMILES string of the molecule is CCN(CC)C1=C(S(=O)(=O)NCc2ccco2)C(=O)c2ccccc2C1=O. The number of likely N-dealkylation sites (N-methyl/N-ethyl adjacent to an activating group) is 1. The predicted molar refractivity (Wildman–Crippen MR) is 99.5 cm³/mol. The lowest BCUT2D eigenvalue weighted by Crippen LogP contribution is -2.39. The summed E-state index contributed by atoms with van der Waals surface area (Å²) in [5, 5.41) is 0. The minimum absolute atomic E-state index is 0.0874. The summed E-state index contributed by atoms with van der Waals surface area (Å²) in [6.45, 7) is 4.27. The Morgan fingerprint density at radius 1 is 0.963 bits per heavy atom. The van der Waals surface area contributed by atoms with Crippen molar-refractivity contribution in [2.75, 3.05) is 13.1 Å². The number of carbonyl (C=O) groups excluding carboxylic acids is 2. The van der Waals surface area contributed by atoms with E-state index in [1.165, 1.54) is 12.3 Å². The van der Waals surface area contributed by atoms with Gasteiger partial charge < -0.3 is 9.32 Å². The highest BCUT2D eigenvalue weighted by molar-refractivity contribution is 7.94. The van der Waals surface area contributed by atoms with E-state index in [0.717, 1.165) is 0 Å². The molecule has 1 aliphatic carbocycles. The Labute approximate surface area is 157 Å². The van der Waals surface area contributed by atoms with Crippen molar-refractivity contribution in [1.29, 1.82) is 0 Å². The van der Waals surface area contributed by atoms with E-state index in [9.17, 15) is 18.0 Å². The maximum atomic E-state index is 13.0. The van der Waals surface area contributed by atoms with Gasteiger partial charge in [0.05, 0.1) is 12.8 Å². The van der Waals surface area contributed by atoms with Crippen LogP contribution in [0.2, 0.25) is 0 Å². The van der Waals surface area contributed by atoms with E-state index in [1.807, 2.05) is 0 Å². The van der Waals surface area contributed by atoms with Gasteiger partial charge in [-0.1, -0.05) is 24.3 Å². The van der Waals surface area contributed by atoms with Crippen molar-refractivity contribution in [2.45, 2.75) is 20.4 Å². The highest BCUT2D eigenvalue weighted by atomic mass is 32.2. The molecule has 0 unspecified atom stereocenters. The van der Waals surface area contributed by atoms with Gasteiger partial charge in [-0.25, -0.2) is 13.1 Å². The van der Waals surface area contributed by atoms with Crippen molar-refractivity contribution in [3.05, 3.63) is 70.2 Å². The number of fused-ring (bicyclic) bond motifs is 1. The number of sulfonamides is 1. The smallest absolute Gasteiger partial charge is 0.247 e. The number of rotatable bonds is 7. The zero-order valence-corrected chi connectivity index (χ0v) is 15.9. The molecular formula is C19H20N2O5S. The molecule has 0 saturated heterocycles. The molecule has 0 aliphatic heterocycles. The van der Waals surface area contributed by atoms with E-state index in [-0.39, 0.29) is 23.4 Å². The number of hydrogen-bond donors (Lipinski definition) is 1. The number of benzene rings is 1. The van der Waals surface area contributed by atoms with Crippen LogP contribution >= 0.6 is 0 Å². The number of furan rings is 1. The molecule has 1 aliphatic rings. The lowest BCUT2D eigenvalue weighted by molar-refractivity contribution is 0.0949. The summed E-state index contributed by atoms with van der Waals surface area (Å²) in [5.41, 5.74) is 0.224. The van der Waals surface area contributed by atoms with E-state index >= 15 is 0 Å². The number of ketones is 2. The van der Waals surface area contributed by atoms with Crippen LogP contribution in [0.4, 0.5) is 0 Å². The fourth-order valence-corrected chi connectivity index (χ4v) is 4.37. The van der Waals surface area contributed by atoms with E-state index < -0.39 is 26.5 Å². The van der Waals surface area contributed by atoms with Gasteiger partial charge in [-0.2, -0.15) is 0 Å². The molecule has 0 atom stereocenters. The second-order valence-corrected chi connectivity index (χ2v) is 7.66. The van der Waals surface area contributed by atoms with Gasteiger partial charge in [0.1, 0.15) is 11.5 Å². The second kappa shape index (κ2) is 7.50. The van der Waals surface area contributed by atoms with Crippen molar-refractivity contribution in [1.82, 2.24) is 9.62 Å². The van der Waals surface area contributed by atoms with Crippen LogP contribution in [0.15, 0.2) is 57.7 Å². The van der Waals surface area contributed by atoms with Crippen molar-refractivity contribution in [3.63, 3.8) is 0 Å². The summed E-state index contributed by atoms with van der Waals surface area (Å²) in [7, 11) is -4.24. The van der Waals surface area contributed by atoms with E-state index in [2.05, 4.69) is 4.72 Å². The minimum atomic E-state index is -4.24. The Hall–Kier alpha value is -2.71. The Bertz CT molecular complexity index is 1000. The van der Waals surface area contributed by atoms with Gasteiger partial charge in [0.2, 0.25) is 21.6 Å². The molecule has 1 N–H and O–H groups in total. The largest absolute Gasteiger partial charge is 0.468 e. The van der Waals surface area contributed by atoms with Crippen LogP contribution in [0.1, 0.15) is 40.3 Å². The summed E-state index contributed by atoms with van der Waals surface area (Å²) < 4.78 is 33.5. The lowest BCUT2D eigenvalue weighted by atomic mass is 9.92. The number of allylic oxidation sites excluding steroid dienone is 2. The van der Waals surface area contributed by atoms with Gasteiger partial charge >= 0.3 is 0 Å². The third kappa shape index (κ3) is 3.45. The van der Waals surface area contributed by atoms with E-state index in [1.54, 1.807) is 49.1 Å². The molecule has 8 heteroatoms. The van der Waals surface area contributed by atoms with Crippen molar-refractivity contribution in [3.8, 4) is 0 Å². The Morgan fingerprint density at radius 3 is 2.15 bits per heavy atom. The number of hydrogen-bond acceptors (Lipinski definition) is 6. The molecule has 1 aromatic carbocycles. The molecule has 3 rings (SSSR count). The molecule has 0 bridgehead atoms. The first-order valence-electron chi connectivity index (χ1n) is 8.60. The van der Waals surface area contributed by atoms with Crippen LogP contribution < -0.4 is 4.72 Å². The Kier molecular flexibility index (Phi) is 5.29. The minimum Gasteiger partial charge on any atom is -0.468 e. The lowest BCUT2D eigenvalue weighted by Gasteiger charge is -2.29. The molecule has 0 saturated carbocycles. The maximum Gasteiger partial charge on any atom is 0.247 e. The first-order valence-corrected chi connectivity index (χ1v) is 10.1. The zero-order valence-electron chi connectivity index (χ0n) is 15.1. The highest BCUT2D eigenvalue weighted by Crippen LogP contribution is 2.31. The summed E-state index contributed by atoms with van der Waals surface area (Å²) in [5.74, 6) is -0.745. The van der Waals surface area contributed by atoms with Crippen LogP contribution in [0, 0.1) is 0 Å². The van der Waals surface area contributed by atoms with Crippen molar-refractivity contribution >= 4 is 21.6 Å². The van der Waals surface area contributed by atoms with E-state index in [0.29, 0.717) is 18.8 Å². The molecule has 0 amide bonds. The second-order valence-electron chi connectivity index (χ2n) is 5.96. The first kappa shape index (κ1) is 19.1. The van der Waals surface area contributed by atoms with Gasteiger partial charge in [-0.15, -0.1) is 0 Å². The summed E-state index contributed by atoms with van der Waals surface area (Å²) >= 11 is 0. The number of nitrogens with one attached hydrogen (secondary N) is 1. The normalized spacial score (nSPS) is 14.4. The van der Waals surface area contributed by atoms with Gasteiger partial charge in [0, 0.05) is 24.2 Å². The van der Waals surface area contributed by atoms with Crippen LogP contribution in [-0.4, -0.2) is 38.0 Å². The van der Waals surface area contributed by atoms with Crippen molar-refractivity contribution < 1.29 is 22.4 Å². The average Bonchev–Trinajstić information content (AvgIpc) is 3.18. The summed E-state index contributed by atoms with van der Waals surface area (Å²) in [6, 6.07) is 9.52. The molecule has 142 valence electrons. The van der Waals surface area contributed by atoms with Gasteiger partial charge in [0.15, 0.2) is 4.91 Å².